The minimum absolute atomic E-state index is 0.0317. The van der Waals surface area contributed by atoms with E-state index in [2.05, 4.69) is 6.07 Å². The molecule has 0 aromatic heterocycles. The number of Topliss-reactive ketones (excluding diaryl/α,β-unsaturated/α-hetero) is 1. The van der Waals surface area contributed by atoms with E-state index in [1.165, 1.54) is 12.1 Å². The lowest BCUT2D eigenvalue weighted by atomic mass is 9.68. The minimum atomic E-state index is -0.649. The first kappa shape index (κ1) is 20.4. The second kappa shape index (κ2) is 7.40. The topological polar surface area (TPSA) is 113 Å². The Morgan fingerprint density at radius 2 is 1.77 bits per heavy atom. The number of allylic oxidation sites excluding steroid dienone is 3. The number of non-ortho nitro benzene ring substituents is 1. The van der Waals surface area contributed by atoms with E-state index in [-0.39, 0.29) is 28.3 Å². The Kier molecular flexibility index (Phi) is 4.86. The smallest absolute Gasteiger partial charge is 0.269 e. The van der Waals surface area contributed by atoms with E-state index in [4.69, 9.17) is 5.73 Å². The molecular weight excluding hydrogens is 392 g/mol. The Morgan fingerprint density at radius 1 is 1.13 bits per heavy atom. The number of hydrogen-bond donors (Lipinski definition) is 1. The first-order chi connectivity index (χ1) is 14.7. The van der Waals surface area contributed by atoms with E-state index < -0.39 is 10.8 Å². The van der Waals surface area contributed by atoms with Crippen LogP contribution in [0.3, 0.4) is 0 Å². The Morgan fingerprint density at radius 3 is 2.35 bits per heavy atom. The summed E-state index contributed by atoms with van der Waals surface area (Å²) in [6.45, 7) is 4.08. The zero-order valence-corrected chi connectivity index (χ0v) is 17.3. The second-order valence-electron chi connectivity index (χ2n) is 8.66. The van der Waals surface area contributed by atoms with Gasteiger partial charge in [0.05, 0.1) is 22.5 Å². The number of rotatable bonds is 3. The molecule has 31 heavy (non-hydrogen) atoms. The molecule has 1 aliphatic carbocycles. The fourth-order valence-electron chi connectivity index (χ4n) is 4.50. The number of nitriles is 1. The molecule has 0 bridgehead atoms. The third-order valence-electron chi connectivity index (χ3n) is 5.83. The summed E-state index contributed by atoms with van der Waals surface area (Å²) in [5, 5.41) is 21.1. The maximum absolute atomic E-state index is 13.4. The van der Waals surface area contributed by atoms with Crippen LogP contribution in [0.15, 0.2) is 77.3 Å². The van der Waals surface area contributed by atoms with Crippen LogP contribution in [0.2, 0.25) is 0 Å². The minimum Gasteiger partial charge on any atom is -0.384 e. The van der Waals surface area contributed by atoms with Crippen molar-refractivity contribution >= 4 is 17.2 Å². The molecule has 0 saturated heterocycles. The van der Waals surface area contributed by atoms with Crippen LogP contribution in [-0.4, -0.2) is 10.7 Å². The largest absolute Gasteiger partial charge is 0.384 e. The van der Waals surface area contributed by atoms with Crippen LogP contribution < -0.4 is 10.6 Å². The van der Waals surface area contributed by atoms with E-state index in [9.17, 15) is 20.2 Å². The van der Waals surface area contributed by atoms with E-state index in [0.717, 1.165) is 11.4 Å². The molecule has 7 nitrogen and oxygen atoms in total. The van der Waals surface area contributed by atoms with E-state index >= 15 is 0 Å². The number of benzene rings is 2. The van der Waals surface area contributed by atoms with Crippen molar-refractivity contribution < 1.29 is 9.72 Å². The van der Waals surface area contributed by atoms with Crippen LogP contribution in [0.25, 0.3) is 0 Å². The Bertz CT molecular complexity index is 1170. The van der Waals surface area contributed by atoms with Crippen LogP contribution in [-0.2, 0) is 4.79 Å². The van der Waals surface area contributed by atoms with Crippen LogP contribution in [0.5, 0.6) is 0 Å². The van der Waals surface area contributed by atoms with Gasteiger partial charge in [0.2, 0.25) is 0 Å². The lowest BCUT2D eigenvalue weighted by Crippen LogP contribution is -2.42. The SMILES string of the molecule is CC1(C)CC(=O)C2=C(C1)N(c1ccccc1)C(N)=C(C#N)[C@@H]2c1ccc([N+](=O)[O-])cc1. The van der Waals surface area contributed by atoms with Gasteiger partial charge in [-0.15, -0.1) is 0 Å². The molecule has 2 aromatic rings. The number of nitro groups is 1. The number of para-hydroxylation sites is 1. The number of ketones is 1. The number of nitrogens with two attached hydrogens (primary N) is 1. The third-order valence-corrected chi connectivity index (χ3v) is 5.83. The summed E-state index contributed by atoms with van der Waals surface area (Å²) in [6, 6.07) is 17.6. The van der Waals surface area contributed by atoms with Crippen LogP contribution in [0, 0.1) is 26.9 Å². The maximum Gasteiger partial charge on any atom is 0.269 e. The lowest BCUT2D eigenvalue weighted by molar-refractivity contribution is -0.384. The van der Waals surface area contributed by atoms with E-state index in [1.54, 1.807) is 12.1 Å². The van der Waals surface area contributed by atoms with Crippen molar-refractivity contribution in [1.29, 1.82) is 5.26 Å². The summed E-state index contributed by atoms with van der Waals surface area (Å²) in [5.41, 5.74) is 9.26. The normalized spacial score (nSPS) is 20.4. The Labute approximate surface area is 180 Å². The summed E-state index contributed by atoms with van der Waals surface area (Å²) >= 11 is 0. The zero-order chi connectivity index (χ0) is 22.3. The highest BCUT2D eigenvalue weighted by Gasteiger charge is 2.44. The summed E-state index contributed by atoms with van der Waals surface area (Å²) in [7, 11) is 0. The molecule has 1 aliphatic heterocycles. The van der Waals surface area contributed by atoms with Gasteiger partial charge in [-0.3, -0.25) is 19.8 Å². The van der Waals surface area contributed by atoms with E-state index in [1.807, 2.05) is 49.1 Å². The predicted molar refractivity (Wildman–Crippen MR) is 117 cm³/mol. The number of nitrogens with zero attached hydrogens (tertiary/aromatic N) is 3. The predicted octanol–water partition coefficient (Wildman–Crippen LogP) is 4.54. The highest BCUT2D eigenvalue weighted by Crippen LogP contribution is 2.50. The molecular formula is C24H22N4O3. The fourth-order valence-corrected chi connectivity index (χ4v) is 4.50. The van der Waals surface area contributed by atoms with Crippen molar-refractivity contribution in [3.05, 3.63) is 92.9 Å². The number of carbonyl (C=O) groups excluding carboxylic acids is 1. The zero-order valence-electron chi connectivity index (χ0n) is 17.3. The molecule has 7 heteroatoms. The van der Waals surface area contributed by atoms with Gasteiger partial charge in [-0.2, -0.15) is 5.26 Å². The van der Waals surface area contributed by atoms with Crippen LogP contribution in [0.1, 0.15) is 38.2 Å². The van der Waals surface area contributed by atoms with Gasteiger partial charge in [0.15, 0.2) is 5.78 Å². The van der Waals surface area contributed by atoms with Crippen molar-refractivity contribution in [2.75, 3.05) is 4.90 Å². The lowest BCUT2D eigenvalue weighted by Gasteiger charge is -2.43. The standard InChI is InChI=1S/C24H22N4O3/c1-24(2)12-19-22(20(29)13-24)21(15-8-10-17(11-9-15)28(30)31)18(14-25)23(26)27(19)16-6-4-3-5-7-16/h3-11,21H,12-13,26H2,1-2H3/t21-/m0/s1. The molecule has 0 fully saturated rings. The van der Waals surface area contributed by atoms with Crippen molar-refractivity contribution in [2.45, 2.75) is 32.6 Å². The van der Waals surface area contributed by atoms with Gasteiger partial charge in [0.1, 0.15) is 5.82 Å². The molecule has 0 spiro atoms. The van der Waals surface area contributed by atoms with Crippen molar-refractivity contribution in [2.24, 2.45) is 11.1 Å². The maximum atomic E-state index is 13.4. The monoisotopic (exact) mass is 414 g/mol. The molecule has 1 heterocycles. The summed E-state index contributed by atoms with van der Waals surface area (Å²) < 4.78 is 0. The van der Waals surface area contributed by atoms with Gasteiger partial charge >= 0.3 is 0 Å². The number of anilines is 1. The number of nitro benzene ring substituents is 1. The molecule has 1 atom stereocenters. The van der Waals surface area contributed by atoms with Crippen molar-refractivity contribution in [3.63, 3.8) is 0 Å². The highest BCUT2D eigenvalue weighted by molar-refractivity contribution is 6.01. The average molecular weight is 414 g/mol. The Hall–Kier alpha value is -3.92. The van der Waals surface area contributed by atoms with Crippen LogP contribution >= 0.6 is 0 Å². The molecule has 0 amide bonds. The number of carbonyl (C=O) groups is 1. The summed E-state index contributed by atoms with van der Waals surface area (Å²) in [5.74, 6) is -0.401. The van der Waals surface area contributed by atoms with Crippen molar-refractivity contribution in [1.82, 2.24) is 0 Å². The third kappa shape index (κ3) is 3.46. The molecule has 0 radical (unpaired) electrons. The van der Waals surface area contributed by atoms with Gasteiger partial charge in [-0.25, -0.2) is 0 Å². The fraction of sp³-hybridized carbons (Fsp3) is 0.250. The second-order valence-corrected chi connectivity index (χ2v) is 8.66. The van der Waals surface area contributed by atoms with Crippen LogP contribution in [0.4, 0.5) is 11.4 Å². The summed E-state index contributed by atoms with van der Waals surface area (Å²) in [6.07, 6.45) is 0.975. The van der Waals surface area contributed by atoms with E-state index in [0.29, 0.717) is 24.0 Å². The highest BCUT2D eigenvalue weighted by atomic mass is 16.6. The Balaban J connectivity index is 1.96. The molecule has 0 saturated carbocycles. The quantitative estimate of drug-likeness (QED) is 0.583. The molecule has 2 N–H and O–H groups in total. The molecule has 0 unspecified atom stereocenters. The van der Waals surface area contributed by atoms with Gasteiger partial charge < -0.3 is 5.73 Å². The molecule has 4 rings (SSSR count). The van der Waals surface area contributed by atoms with Gasteiger partial charge in [-0.05, 0) is 29.5 Å². The molecule has 156 valence electrons. The first-order valence-corrected chi connectivity index (χ1v) is 9.99. The molecule has 2 aromatic carbocycles. The summed E-state index contributed by atoms with van der Waals surface area (Å²) in [4.78, 5) is 25.8. The average Bonchev–Trinajstić information content (AvgIpc) is 2.73. The number of hydrogen-bond acceptors (Lipinski definition) is 6. The first-order valence-electron chi connectivity index (χ1n) is 9.99. The van der Waals surface area contributed by atoms with Gasteiger partial charge in [0, 0.05) is 35.5 Å². The van der Waals surface area contributed by atoms with Gasteiger partial charge in [0.25, 0.3) is 5.69 Å². The molecule has 2 aliphatic rings. The van der Waals surface area contributed by atoms with Gasteiger partial charge in [-0.1, -0.05) is 44.2 Å². The van der Waals surface area contributed by atoms with Crippen molar-refractivity contribution in [3.8, 4) is 6.07 Å².